The Morgan fingerprint density at radius 1 is 1.43 bits per heavy atom. The summed E-state index contributed by atoms with van der Waals surface area (Å²) in [7, 11) is -5.33. The van der Waals surface area contributed by atoms with Crippen molar-refractivity contribution in [3.05, 3.63) is 18.2 Å². The number of sulfonamides is 1. The molecule has 0 bridgehead atoms. The predicted octanol–water partition coefficient (Wildman–Crippen LogP) is -0.00960. The Labute approximate surface area is 124 Å². The highest BCUT2D eigenvalue weighted by Gasteiger charge is 2.29. The summed E-state index contributed by atoms with van der Waals surface area (Å²) in [5.41, 5.74) is 5.99. The molecule has 0 aliphatic carbocycles. The Morgan fingerprint density at radius 3 is 2.71 bits per heavy atom. The van der Waals surface area contributed by atoms with E-state index in [2.05, 4.69) is 4.72 Å². The number of nitrogens with two attached hydrogens (primary N) is 1. The fraction of sp³-hybridized carbons (Fsp3) is 0.500. The molecule has 1 aromatic carbocycles. The molecule has 1 atom stereocenters. The van der Waals surface area contributed by atoms with Crippen LogP contribution in [0.25, 0.3) is 0 Å². The maximum atomic E-state index is 12.2. The lowest BCUT2D eigenvalue weighted by molar-refractivity contribution is 0.415. The lowest BCUT2D eigenvalue weighted by Crippen LogP contribution is -2.30. The second kappa shape index (κ2) is 5.82. The van der Waals surface area contributed by atoms with E-state index in [4.69, 9.17) is 10.5 Å². The molecule has 2 rings (SSSR count). The van der Waals surface area contributed by atoms with E-state index in [-0.39, 0.29) is 34.6 Å². The minimum atomic E-state index is -3.71. The van der Waals surface area contributed by atoms with E-state index < -0.39 is 19.9 Å². The number of hydrogen-bond donors (Lipinski definition) is 2. The summed E-state index contributed by atoms with van der Waals surface area (Å²) in [5, 5.41) is 0. The Morgan fingerprint density at radius 2 is 2.14 bits per heavy atom. The van der Waals surface area contributed by atoms with E-state index in [1.165, 1.54) is 25.3 Å². The van der Waals surface area contributed by atoms with Gasteiger partial charge in [0.2, 0.25) is 10.0 Å². The van der Waals surface area contributed by atoms with Crippen molar-refractivity contribution in [1.82, 2.24) is 4.72 Å². The van der Waals surface area contributed by atoms with E-state index >= 15 is 0 Å². The van der Waals surface area contributed by atoms with Gasteiger partial charge >= 0.3 is 0 Å². The third kappa shape index (κ3) is 3.86. The van der Waals surface area contributed by atoms with Gasteiger partial charge in [-0.1, -0.05) is 0 Å². The predicted molar refractivity (Wildman–Crippen MR) is 79.4 cm³/mol. The van der Waals surface area contributed by atoms with E-state index in [1.807, 2.05) is 0 Å². The first-order valence-corrected chi connectivity index (χ1v) is 9.67. The quantitative estimate of drug-likeness (QED) is 0.732. The van der Waals surface area contributed by atoms with Crippen LogP contribution in [0.5, 0.6) is 5.75 Å². The van der Waals surface area contributed by atoms with Crippen LogP contribution in [0.3, 0.4) is 0 Å². The number of nitrogen functional groups attached to an aromatic ring is 1. The molecule has 21 heavy (non-hydrogen) atoms. The number of anilines is 1. The normalized spacial score (nSPS) is 21.3. The van der Waals surface area contributed by atoms with Crippen molar-refractivity contribution in [1.29, 1.82) is 0 Å². The summed E-state index contributed by atoms with van der Waals surface area (Å²) in [6, 6.07) is 4.17. The molecule has 3 N–H and O–H groups in total. The summed E-state index contributed by atoms with van der Waals surface area (Å²) < 4.78 is 54.5. The van der Waals surface area contributed by atoms with Crippen LogP contribution in [0.1, 0.15) is 6.42 Å². The van der Waals surface area contributed by atoms with Gasteiger partial charge in [0, 0.05) is 12.6 Å². The van der Waals surface area contributed by atoms with Crippen molar-refractivity contribution < 1.29 is 21.6 Å². The van der Waals surface area contributed by atoms with Crippen LogP contribution in [0.2, 0.25) is 0 Å². The highest BCUT2D eigenvalue weighted by Crippen LogP contribution is 2.25. The van der Waals surface area contributed by atoms with Crippen LogP contribution in [0.4, 0.5) is 5.69 Å². The number of rotatable bonds is 5. The van der Waals surface area contributed by atoms with Crippen LogP contribution >= 0.6 is 0 Å². The number of nitrogens with one attached hydrogen (secondary N) is 1. The van der Waals surface area contributed by atoms with Gasteiger partial charge in [-0.05, 0) is 24.5 Å². The van der Waals surface area contributed by atoms with Gasteiger partial charge in [0.15, 0.2) is 9.84 Å². The lowest BCUT2D eigenvalue weighted by atomic mass is 10.1. The number of methoxy groups -OCH3 is 1. The molecule has 9 heteroatoms. The summed E-state index contributed by atoms with van der Waals surface area (Å²) in [4.78, 5) is 0.0365. The van der Waals surface area contributed by atoms with Crippen molar-refractivity contribution in [2.45, 2.75) is 11.3 Å². The first-order chi connectivity index (χ1) is 9.73. The lowest BCUT2D eigenvalue weighted by Gasteiger charge is -2.12. The zero-order valence-corrected chi connectivity index (χ0v) is 13.2. The van der Waals surface area contributed by atoms with Crippen LogP contribution in [-0.2, 0) is 19.9 Å². The molecule has 1 aromatic rings. The fourth-order valence-electron chi connectivity index (χ4n) is 2.20. The molecule has 1 unspecified atom stereocenters. The van der Waals surface area contributed by atoms with Crippen LogP contribution in [0.15, 0.2) is 23.1 Å². The van der Waals surface area contributed by atoms with E-state index in [0.717, 1.165) is 0 Å². The molecule has 1 aliphatic rings. The van der Waals surface area contributed by atoms with Crippen molar-refractivity contribution in [2.24, 2.45) is 5.92 Å². The molecule has 1 aliphatic heterocycles. The van der Waals surface area contributed by atoms with Gasteiger partial charge in [-0.15, -0.1) is 0 Å². The highest BCUT2D eigenvalue weighted by molar-refractivity contribution is 7.91. The topological polar surface area (TPSA) is 116 Å². The molecule has 0 radical (unpaired) electrons. The number of ether oxygens (including phenoxy) is 1. The maximum absolute atomic E-state index is 12.2. The third-order valence-corrected chi connectivity index (χ3v) is 6.66. The fourth-order valence-corrected chi connectivity index (χ4v) is 5.20. The van der Waals surface area contributed by atoms with Crippen molar-refractivity contribution in [2.75, 3.05) is 30.9 Å². The minimum Gasteiger partial charge on any atom is -0.495 e. The van der Waals surface area contributed by atoms with Crippen molar-refractivity contribution in [3.8, 4) is 5.75 Å². The Hall–Kier alpha value is -1.32. The molecular formula is C12H18N2O5S2. The molecule has 118 valence electrons. The van der Waals surface area contributed by atoms with Crippen LogP contribution in [0, 0.1) is 5.92 Å². The molecule has 1 saturated heterocycles. The number of sulfone groups is 1. The number of benzene rings is 1. The monoisotopic (exact) mass is 334 g/mol. The standard InChI is InChI=1S/C12H18N2O5S2/c1-19-12-6-10(2-3-11(12)13)21(17,18)14-7-9-4-5-20(15,16)8-9/h2-3,6,9,14H,4-5,7-8,13H2,1H3. The van der Waals surface area contributed by atoms with Gasteiger partial charge in [0.05, 0.1) is 29.2 Å². The van der Waals surface area contributed by atoms with Gasteiger partial charge in [-0.3, -0.25) is 0 Å². The second-order valence-electron chi connectivity index (χ2n) is 5.02. The molecule has 0 amide bonds. The summed E-state index contributed by atoms with van der Waals surface area (Å²) in [6.45, 7) is 0.105. The highest BCUT2D eigenvalue weighted by atomic mass is 32.2. The van der Waals surface area contributed by atoms with Crippen LogP contribution in [-0.4, -0.2) is 42.0 Å². The summed E-state index contributed by atoms with van der Waals surface area (Å²) >= 11 is 0. The average molecular weight is 334 g/mol. The summed E-state index contributed by atoms with van der Waals surface area (Å²) in [6.07, 6.45) is 0.482. The van der Waals surface area contributed by atoms with E-state index in [9.17, 15) is 16.8 Å². The van der Waals surface area contributed by atoms with E-state index in [0.29, 0.717) is 12.1 Å². The van der Waals surface area contributed by atoms with Crippen molar-refractivity contribution in [3.63, 3.8) is 0 Å². The zero-order chi connectivity index (χ0) is 15.7. The molecule has 7 nitrogen and oxygen atoms in total. The second-order valence-corrected chi connectivity index (χ2v) is 9.02. The van der Waals surface area contributed by atoms with Gasteiger partial charge in [0.25, 0.3) is 0 Å². The first kappa shape index (κ1) is 16.1. The summed E-state index contributed by atoms with van der Waals surface area (Å²) in [5.74, 6) is 0.247. The maximum Gasteiger partial charge on any atom is 0.240 e. The molecular weight excluding hydrogens is 316 g/mol. The minimum absolute atomic E-state index is 0.0284. The van der Waals surface area contributed by atoms with Gasteiger partial charge in [-0.2, -0.15) is 0 Å². The molecule has 1 fully saturated rings. The zero-order valence-electron chi connectivity index (χ0n) is 11.6. The first-order valence-electron chi connectivity index (χ1n) is 6.37. The Balaban J connectivity index is 2.09. The van der Waals surface area contributed by atoms with Gasteiger partial charge in [-0.25, -0.2) is 21.6 Å². The van der Waals surface area contributed by atoms with Crippen LogP contribution < -0.4 is 15.2 Å². The van der Waals surface area contributed by atoms with Gasteiger partial charge < -0.3 is 10.5 Å². The SMILES string of the molecule is COc1cc(S(=O)(=O)NCC2CCS(=O)(=O)C2)ccc1N. The third-order valence-electron chi connectivity index (χ3n) is 3.40. The largest absolute Gasteiger partial charge is 0.495 e. The Bertz CT molecular complexity index is 728. The number of hydrogen-bond acceptors (Lipinski definition) is 6. The average Bonchev–Trinajstić information content (AvgIpc) is 2.76. The molecule has 0 aromatic heterocycles. The smallest absolute Gasteiger partial charge is 0.240 e. The molecule has 0 spiro atoms. The molecule has 0 saturated carbocycles. The Kier molecular flexibility index (Phi) is 4.45. The van der Waals surface area contributed by atoms with Crippen molar-refractivity contribution >= 4 is 25.5 Å². The van der Waals surface area contributed by atoms with E-state index in [1.54, 1.807) is 0 Å². The van der Waals surface area contributed by atoms with Gasteiger partial charge in [0.1, 0.15) is 5.75 Å². The molecule has 1 heterocycles.